The number of ether oxygens (including phenoxy) is 1. The number of hydrogen-bond acceptors (Lipinski definition) is 7. The molecule has 1 atom stereocenters. The number of carboxylic acid groups (broad SMARTS) is 1. The Hall–Kier alpha value is -4.44. The molecule has 1 fully saturated rings. The van der Waals surface area contributed by atoms with Crippen molar-refractivity contribution in [3.05, 3.63) is 89.2 Å². The highest BCUT2D eigenvalue weighted by Crippen LogP contribution is 2.19. The lowest BCUT2D eigenvalue weighted by Crippen LogP contribution is -2.55. The lowest BCUT2D eigenvalue weighted by molar-refractivity contribution is -0.140. The second-order valence-corrected chi connectivity index (χ2v) is 12.0. The first-order chi connectivity index (χ1) is 20.6. The van der Waals surface area contributed by atoms with E-state index in [1.165, 1.54) is 4.31 Å². The number of methoxy groups -OCH3 is 1. The largest absolute Gasteiger partial charge is 0.497 e. The third-order valence-electron chi connectivity index (χ3n) is 6.95. The highest BCUT2D eigenvalue weighted by atomic mass is 32.2. The van der Waals surface area contributed by atoms with Crippen molar-refractivity contribution in [3.63, 3.8) is 0 Å². The summed E-state index contributed by atoms with van der Waals surface area (Å²) in [6.45, 7) is 5.05. The Morgan fingerprint density at radius 2 is 1.70 bits per heavy atom. The van der Waals surface area contributed by atoms with Crippen LogP contribution in [0.3, 0.4) is 0 Å². The number of carbonyl (C=O) groups excluding carboxylic acids is 1. The third-order valence-corrected chi connectivity index (χ3v) is 8.55. The summed E-state index contributed by atoms with van der Waals surface area (Å²) in [6, 6.07) is 17.3. The van der Waals surface area contributed by atoms with Crippen molar-refractivity contribution in [1.82, 2.24) is 19.3 Å². The van der Waals surface area contributed by atoms with Gasteiger partial charge in [-0.05, 0) is 60.0 Å². The van der Waals surface area contributed by atoms with Crippen LogP contribution >= 0.6 is 0 Å². The number of carboxylic acids is 1. The maximum Gasteiger partial charge on any atom is 0.322 e. The van der Waals surface area contributed by atoms with Crippen LogP contribution in [-0.2, 0) is 21.5 Å². The number of rotatable bonds is 10. The Morgan fingerprint density at radius 1 is 1.00 bits per heavy atom. The molecule has 3 aromatic rings. The Kier molecular flexibility index (Phi) is 10.4. The minimum Gasteiger partial charge on any atom is -0.497 e. The van der Waals surface area contributed by atoms with Crippen molar-refractivity contribution in [3.8, 4) is 17.6 Å². The summed E-state index contributed by atoms with van der Waals surface area (Å²) in [7, 11) is -2.33. The second kappa shape index (κ2) is 14.2. The molecule has 0 saturated carbocycles. The number of aromatic nitrogens is 1. The van der Waals surface area contributed by atoms with Gasteiger partial charge >= 0.3 is 5.97 Å². The fourth-order valence-electron chi connectivity index (χ4n) is 4.48. The number of piperazine rings is 1. The summed E-state index contributed by atoms with van der Waals surface area (Å²) in [6.07, 6.45) is 1.55. The van der Waals surface area contributed by atoms with Crippen molar-refractivity contribution in [2.24, 2.45) is 5.92 Å². The molecule has 1 aliphatic heterocycles. The summed E-state index contributed by atoms with van der Waals surface area (Å²) in [5.41, 5.74) is 3.54. The van der Waals surface area contributed by atoms with E-state index in [1.807, 2.05) is 48.5 Å². The highest BCUT2D eigenvalue weighted by molar-refractivity contribution is 7.87. The van der Waals surface area contributed by atoms with Crippen LogP contribution in [0, 0.1) is 17.8 Å². The SMILES string of the molecule is COc1cccc(CNC(=O)c2cc(C#Cc3ccc(N4CCN(S(=O)(=O)N[C@@H](C(=O)O)C(C)C)CC4)cc3)ccn2)c1. The van der Waals surface area contributed by atoms with Gasteiger partial charge in [-0.3, -0.25) is 14.6 Å². The number of hydrogen-bond donors (Lipinski definition) is 3. The number of amides is 1. The van der Waals surface area contributed by atoms with Crippen molar-refractivity contribution < 1.29 is 27.9 Å². The molecule has 4 rings (SSSR count). The minimum absolute atomic E-state index is 0.235. The standard InChI is InChI=1S/C31H35N5O6S/c1-22(2)29(31(38)39)34-43(40,41)36-17-15-35(16-18-36)26-11-9-23(10-12-26)7-8-24-13-14-32-28(20-24)30(37)33-21-25-5-4-6-27(19-25)42-3/h4-6,9-14,19-20,22,29,34H,15-18,21H2,1-3H3,(H,33,37)(H,38,39)/t29-/m1/s1. The van der Waals surface area contributed by atoms with Crippen molar-refractivity contribution in [2.45, 2.75) is 26.4 Å². The summed E-state index contributed by atoms with van der Waals surface area (Å²) >= 11 is 0. The fourth-order valence-corrected chi connectivity index (χ4v) is 5.97. The van der Waals surface area contributed by atoms with Gasteiger partial charge in [0.2, 0.25) is 0 Å². The number of anilines is 1. The van der Waals surface area contributed by atoms with E-state index in [0.29, 0.717) is 25.2 Å². The smallest absolute Gasteiger partial charge is 0.322 e. The van der Waals surface area contributed by atoms with E-state index in [1.54, 1.807) is 39.3 Å². The number of nitrogens with zero attached hydrogens (tertiary/aromatic N) is 3. The predicted octanol–water partition coefficient (Wildman–Crippen LogP) is 2.49. The predicted molar refractivity (Wildman–Crippen MR) is 163 cm³/mol. The van der Waals surface area contributed by atoms with Crippen molar-refractivity contribution >= 4 is 27.8 Å². The van der Waals surface area contributed by atoms with E-state index >= 15 is 0 Å². The number of pyridine rings is 1. The second-order valence-electron chi connectivity index (χ2n) is 10.3. The number of aliphatic carboxylic acids is 1. The lowest BCUT2D eigenvalue weighted by atomic mass is 10.1. The van der Waals surface area contributed by atoms with Crippen LogP contribution in [0.15, 0.2) is 66.9 Å². The summed E-state index contributed by atoms with van der Waals surface area (Å²) < 4.78 is 34.3. The molecule has 2 aromatic carbocycles. The molecule has 1 amide bonds. The molecule has 1 saturated heterocycles. The normalized spacial score (nSPS) is 14.5. The average Bonchev–Trinajstić information content (AvgIpc) is 3.02. The summed E-state index contributed by atoms with van der Waals surface area (Å²) in [4.78, 5) is 30.3. The molecule has 0 spiro atoms. The molecular formula is C31H35N5O6S. The van der Waals surface area contributed by atoms with Crippen LogP contribution in [0.2, 0.25) is 0 Å². The number of nitrogens with one attached hydrogen (secondary N) is 2. The molecule has 0 radical (unpaired) electrons. The molecule has 3 N–H and O–H groups in total. The number of benzene rings is 2. The molecule has 0 bridgehead atoms. The van der Waals surface area contributed by atoms with Gasteiger partial charge in [0.25, 0.3) is 16.1 Å². The molecule has 0 unspecified atom stereocenters. The molecular weight excluding hydrogens is 570 g/mol. The van der Waals surface area contributed by atoms with Crippen LogP contribution in [0.4, 0.5) is 5.69 Å². The topological polar surface area (TPSA) is 141 Å². The first-order valence-corrected chi connectivity index (χ1v) is 15.2. The van der Waals surface area contributed by atoms with Gasteiger partial charge in [0.15, 0.2) is 0 Å². The van der Waals surface area contributed by atoms with E-state index in [4.69, 9.17) is 4.74 Å². The third kappa shape index (κ3) is 8.54. The first-order valence-electron chi connectivity index (χ1n) is 13.8. The summed E-state index contributed by atoms with van der Waals surface area (Å²) in [5.74, 6) is 5.01. The van der Waals surface area contributed by atoms with Gasteiger partial charge < -0.3 is 20.1 Å². The zero-order chi connectivity index (χ0) is 31.0. The molecule has 12 heteroatoms. The van der Waals surface area contributed by atoms with Gasteiger partial charge in [-0.2, -0.15) is 17.4 Å². The molecule has 2 heterocycles. The minimum atomic E-state index is -3.92. The van der Waals surface area contributed by atoms with Crippen molar-refractivity contribution in [2.75, 3.05) is 38.2 Å². The molecule has 226 valence electrons. The maximum atomic E-state index is 12.7. The van der Waals surface area contributed by atoms with E-state index in [-0.39, 0.29) is 30.6 Å². The van der Waals surface area contributed by atoms with E-state index in [2.05, 4.69) is 31.8 Å². The fraction of sp³-hybridized carbons (Fsp3) is 0.323. The van der Waals surface area contributed by atoms with E-state index in [0.717, 1.165) is 22.6 Å². The Morgan fingerprint density at radius 3 is 2.35 bits per heavy atom. The van der Waals surface area contributed by atoms with Gasteiger partial charge in [-0.15, -0.1) is 0 Å². The summed E-state index contributed by atoms with van der Waals surface area (Å²) in [5, 5.41) is 12.2. The lowest BCUT2D eigenvalue weighted by Gasteiger charge is -2.36. The van der Waals surface area contributed by atoms with E-state index in [9.17, 15) is 23.1 Å². The van der Waals surface area contributed by atoms with Crippen LogP contribution in [0.1, 0.15) is 41.0 Å². The van der Waals surface area contributed by atoms with Gasteiger partial charge in [0, 0.05) is 55.7 Å². The van der Waals surface area contributed by atoms with Gasteiger partial charge in [-0.25, -0.2) is 0 Å². The Balaban J connectivity index is 1.32. The molecule has 11 nitrogen and oxygen atoms in total. The van der Waals surface area contributed by atoms with Gasteiger partial charge in [-0.1, -0.05) is 37.8 Å². The van der Waals surface area contributed by atoms with Crippen molar-refractivity contribution in [1.29, 1.82) is 0 Å². The quantitative estimate of drug-likeness (QED) is 0.300. The molecule has 1 aliphatic rings. The Labute approximate surface area is 252 Å². The van der Waals surface area contributed by atoms with Crippen LogP contribution in [0.5, 0.6) is 5.75 Å². The maximum absolute atomic E-state index is 12.7. The molecule has 0 aliphatic carbocycles. The highest BCUT2D eigenvalue weighted by Gasteiger charge is 2.32. The van der Waals surface area contributed by atoms with Crippen LogP contribution in [0.25, 0.3) is 0 Å². The average molecular weight is 606 g/mol. The molecule has 1 aromatic heterocycles. The Bertz CT molecular complexity index is 1610. The van der Waals surface area contributed by atoms with Crippen LogP contribution < -0.4 is 19.7 Å². The van der Waals surface area contributed by atoms with Gasteiger partial charge in [0.05, 0.1) is 7.11 Å². The van der Waals surface area contributed by atoms with Gasteiger partial charge in [0.1, 0.15) is 17.5 Å². The molecule has 43 heavy (non-hydrogen) atoms. The zero-order valence-corrected chi connectivity index (χ0v) is 25.1. The number of carbonyl (C=O) groups is 2. The van der Waals surface area contributed by atoms with Crippen LogP contribution in [-0.4, -0.2) is 74.0 Å². The van der Waals surface area contributed by atoms with E-state index < -0.39 is 22.2 Å². The zero-order valence-electron chi connectivity index (χ0n) is 24.3. The monoisotopic (exact) mass is 605 g/mol. The first kappa shape index (κ1) is 31.5.